The molecule has 3 atom stereocenters. The lowest BCUT2D eigenvalue weighted by Gasteiger charge is -2.23. The fourth-order valence-electron chi connectivity index (χ4n) is 3.27. The topological polar surface area (TPSA) is 94.2 Å². The van der Waals surface area contributed by atoms with Crippen molar-refractivity contribution in [3.63, 3.8) is 0 Å². The molecule has 2 aromatic carbocycles. The Morgan fingerprint density at radius 3 is 2.20 bits per heavy atom. The Kier molecular flexibility index (Phi) is 9.62. The number of nitrogens with one attached hydrogen (secondary N) is 1. The molecule has 0 saturated carbocycles. The average molecular weight is 537 g/mol. The first-order valence-electron chi connectivity index (χ1n) is 10.5. The predicted molar refractivity (Wildman–Crippen MR) is 134 cm³/mol. The molecule has 1 saturated heterocycles. The number of carbonyl (C=O) groups is 3. The van der Waals surface area contributed by atoms with Crippen molar-refractivity contribution in [3.05, 3.63) is 82.0 Å². The Labute approximate surface area is 217 Å². The molecule has 0 spiro atoms. The normalized spacial score (nSPS) is 19.2. The van der Waals surface area contributed by atoms with Crippen LogP contribution in [0.4, 0.5) is 0 Å². The van der Waals surface area contributed by atoms with Gasteiger partial charge >= 0.3 is 11.9 Å². The van der Waals surface area contributed by atoms with Gasteiger partial charge in [0.2, 0.25) is 6.41 Å². The molecule has 35 heavy (non-hydrogen) atoms. The zero-order valence-electron chi connectivity index (χ0n) is 18.6. The van der Waals surface area contributed by atoms with Gasteiger partial charge in [0.1, 0.15) is 30.0 Å². The number of esters is 2. The van der Waals surface area contributed by atoms with Gasteiger partial charge in [-0.2, -0.15) is 0 Å². The highest BCUT2D eigenvalue weighted by Gasteiger charge is 2.42. The SMILES string of the molecule is CN/C=C\C(=S)N(C=O)[C@H]1CC(OC(=O)c2ccc(Cl)cc2)C(COC(=O)c2ccc(Cl)cc2)O1. The van der Waals surface area contributed by atoms with Crippen LogP contribution in [0, 0.1) is 0 Å². The Morgan fingerprint density at radius 2 is 1.66 bits per heavy atom. The highest BCUT2D eigenvalue weighted by Crippen LogP contribution is 2.28. The van der Waals surface area contributed by atoms with E-state index >= 15 is 0 Å². The lowest BCUT2D eigenvalue weighted by Crippen LogP contribution is -2.38. The minimum Gasteiger partial charge on any atom is -0.459 e. The van der Waals surface area contributed by atoms with Gasteiger partial charge in [0, 0.05) is 23.5 Å². The molecule has 2 aromatic rings. The van der Waals surface area contributed by atoms with Crippen LogP contribution in [-0.2, 0) is 19.0 Å². The van der Waals surface area contributed by atoms with Gasteiger partial charge in [0.15, 0.2) is 0 Å². The summed E-state index contributed by atoms with van der Waals surface area (Å²) in [6.07, 6.45) is 1.25. The molecule has 2 unspecified atom stereocenters. The van der Waals surface area contributed by atoms with Gasteiger partial charge in [0.05, 0.1) is 11.1 Å². The summed E-state index contributed by atoms with van der Waals surface area (Å²) in [6.45, 7) is -0.220. The molecule has 0 bridgehead atoms. The zero-order valence-corrected chi connectivity index (χ0v) is 20.9. The van der Waals surface area contributed by atoms with E-state index in [4.69, 9.17) is 49.6 Å². The van der Waals surface area contributed by atoms with Gasteiger partial charge < -0.3 is 19.5 Å². The molecule has 0 radical (unpaired) electrons. The second-order valence-corrected chi connectivity index (χ2v) is 8.68. The van der Waals surface area contributed by atoms with E-state index < -0.39 is 30.4 Å². The molecule has 8 nitrogen and oxygen atoms in total. The number of halogens is 2. The first-order chi connectivity index (χ1) is 16.8. The third-order valence-electron chi connectivity index (χ3n) is 5.05. The first-order valence-corrected chi connectivity index (χ1v) is 11.6. The van der Waals surface area contributed by atoms with Crippen molar-refractivity contribution in [2.45, 2.75) is 24.9 Å². The van der Waals surface area contributed by atoms with E-state index in [1.165, 1.54) is 35.2 Å². The highest BCUT2D eigenvalue weighted by molar-refractivity contribution is 7.80. The van der Waals surface area contributed by atoms with Crippen molar-refractivity contribution in [3.8, 4) is 0 Å². The molecule has 1 aliphatic rings. The van der Waals surface area contributed by atoms with E-state index in [-0.39, 0.29) is 23.6 Å². The molecule has 1 heterocycles. The fraction of sp³-hybridized carbons (Fsp3) is 0.250. The largest absolute Gasteiger partial charge is 0.459 e. The zero-order chi connectivity index (χ0) is 25.4. The van der Waals surface area contributed by atoms with Crippen LogP contribution < -0.4 is 5.32 Å². The summed E-state index contributed by atoms with van der Waals surface area (Å²) >= 11 is 17.0. The molecular formula is C24H22Cl2N2O6S. The summed E-state index contributed by atoms with van der Waals surface area (Å²) in [4.78, 5) is 38.3. The molecule has 184 valence electrons. The number of carbonyl (C=O) groups excluding carboxylic acids is 3. The van der Waals surface area contributed by atoms with Crippen molar-refractivity contribution < 1.29 is 28.6 Å². The predicted octanol–water partition coefficient (Wildman–Crippen LogP) is 4.01. The number of amides is 1. The third kappa shape index (κ3) is 7.25. The van der Waals surface area contributed by atoms with Crippen LogP contribution in [-0.4, -0.2) is 60.3 Å². The highest BCUT2D eigenvalue weighted by atomic mass is 35.5. The van der Waals surface area contributed by atoms with E-state index in [1.807, 2.05) is 0 Å². The fourth-order valence-corrected chi connectivity index (χ4v) is 3.75. The van der Waals surface area contributed by atoms with E-state index in [0.29, 0.717) is 22.0 Å². The maximum Gasteiger partial charge on any atom is 0.338 e. The van der Waals surface area contributed by atoms with Crippen LogP contribution in [0.25, 0.3) is 0 Å². The van der Waals surface area contributed by atoms with Crippen LogP contribution >= 0.6 is 35.4 Å². The number of nitrogens with zero attached hydrogens (tertiary/aromatic N) is 1. The lowest BCUT2D eigenvalue weighted by molar-refractivity contribution is -0.125. The van der Waals surface area contributed by atoms with Crippen LogP contribution in [0.5, 0.6) is 0 Å². The number of hydrogen-bond donors (Lipinski definition) is 1. The summed E-state index contributed by atoms with van der Waals surface area (Å²) in [5.74, 6) is -1.21. The van der Waals surface area contributed by atoms with E-state index in [1.54, 1.807) is 37.5 Å². The Hall–Kier alpha value is -2.98. The van der Waals surface area contributed by atoms with Gasteiger partial charge in [-0.3, -0.25) is 9.69 Å². The lowest BCUT2D eigenvalue weighted by atomic mass is 10.1. The molecule has 1 fully saturated rings. The maximum atomic E-state index is 12.7. The van der Waals surface area contributed by atoms with Crippen molar-refractivity contribution in [2.75, 3.05) is 13.7 Å². The monoisotopic (exact) mass is 536 g/mol. The van der Waals surface area contributed by atoms with Crippen LogP contribution in [0.3, 0.4) is 0 Å². The van der Waals surface area contributed by atoms with Crippen LogP contribution in [0.1, 0.15) is 27.1 Å². The summed E-state index contributed by atoms with van der Waals surface area (Å²) in [6, 6.07) is 12.4. The molecule has 1 N–H and O–H groups in total. The van der Waals surface area contributed by atoms with Gasteiger partial charge in [0.25, 0.3) is 0 Å². The standard InChI is InChI=1S/C24H22Cl2N2O6S/c1-27-11-10-22(35)28(14-29)21-12-19(34-24(31)16-4-8-18(26)9-5-16)20(33-21)13-32-23(30)15-2-6-17(25)7-3-15/h2-11,14,19-21,27H,12-13H2,1H3/b11-10-/t19?,20?,21-/m1/s1. The van der Waals surface area contributed by atoms with Crippen LogP contribution in [0.15, 0.2) is 60.8 Å². The third-order valence-corrected chi connectivity index (χ3v) is 5.90. The van der Waals surface area contributed by atoms with Crippen molar-refractivity contribution in [2.24, 2.45) is 0 Å². The van der Waals surface area contributed by atoms with Gasteiger partial charge in [-0.15, -0.1) is 0 Å². The van der Waals surface area contributed by atoms with Crippen molar-refractivity contribution in [1.82, 2.24) is 10.2 Å². The summed E-state index contributed by atoms with van der Waals surface area (Å²) in [5.41, 5.74) is 0.584. The number of benzene rings is 2. The number of hydrogen-bond acceptors (Lipinski definition) is 8. The Bertz CT molecular complexity index is 1090. The molecule has 11 heteroatoms. The quantitative estimate of drug-likeness (QED) is 0.222. The second kappa shape index (κ2) is 12.6. The van der Waals surface area contributed by atoms with Crippen molar-refractivity contribution in [1.29, 1.82) is 0 Å². The molecule has 1 aliphatic heterocycles. The number of ether oxygens (including phenoxy) is 3. The molecular weight excluding hydrogens is 515 g/mol. The maximum absolute atomic E-state index is 12.7. The molecule has 1 amide bonds. The second-order valence-electron chi connectivity index (χ2n) is 7.39. The summed E-state index contributed by atoms with van der Waals surface area (Å²) in [5, 5.41) is 3.75. The minimum atomic E-state index is -0.842. The van der Waals surface area contributed by atoms with E-state index in [2.05, 4.69) is 5.32 Å². The summed E-state index contributed by atoms with van der Waals surface area (Å²) in [7, 11) is 1.69. The first kappa shape index (κ1) is 26.6. The average Bonchev–Trinajstić information content (AvgIpc) is 3.24. The van der Waals surface area contributed by atoms with E-state index in [9.17, 15) is 14.4 Å². The van der Waals surface area contributed by atoms with Crippen molar-refractivity contribution >= 4 is 58.8 Å². The molecule has 3 rings (SSSR count). The smallest absolute Gasteiger partial charge is 0.338 e. The number of rotatable bonds is 9. The van der Waals surface area contributed by atoms with Gasteiger partial charge in [-0.25, -0.2) is 9.59 Å². The Balaban J connectivity index is 1.74. The van der Waals surface area contributed by atoms with Gasteiger partial charge in [-0.1, -0.05) is 35.4 Å². The summed E-state index contributed by atoms with van der Waals surface area (Å²) < 4.78 is 17.0. The van der Waals surface area contributed by atoms with Gasteiger partial charge in [-0.05, 0) is 60.8 Å². The Morgan fingerprint density at radius 1 is 1.09 bits per heavy atom. The van der Waals surface area contributed by atoms with Crippen LogP contribution in [0.2, 0.25) is 10.0 Å². The number of thiocarbonyl (C=S) groups is 1. The molecule has 0 aromatic heterocycles. The minimum absolute atomic E-state index is 0.120. The molecule has 0 aliphatic carbocycles. The van der Waals surface area contributed by atoms with E-state index in [0.717, 1.165) is 0 Å².